The van der Waals surface area contributed by atoms with E-state index in [2.05, 4.69) is 10.6 Å². The molecule has 1 aromatic heterocycles. The zero-order valence-electron chi connectivity index (χ0n) is 19.1. The third kappa shape index (κ3) is 6.67. The van der Waals surface area contributed by atoms with E-state index in [1.54, 1.807) is 24.3 Å². The summed E-state index contributed by atoms with van der Waals surface area (Å²) in [5.41, 5.74) is 0.841. The lowest BCUT2D eigenvalue weighted by molar-refractivity contribution is -0.137. The van der Waals surface area contributed by atoms with Crippen LogP contribution in [-0.2, 0) is 11.0 Å². The lowest BCUT2D eigenvalue weighted by Gasteiger charge is -2.31. The number of carbonyl (C=O) groups is 1. The molecule has 0 atom stereocenters. The molecule has 0 radical (unpaired) electrons. The Hall–Kier alpha value is -3.30. The van der Waals surface area contributed by atoms with Gasteiger partial charge in [-0.1, -0.05) is 11.6 Å². The summed E-state index contributed by atoms with van der Waals surface area (Å²) in [4.78, 5) is 14.4. The van der Waals surface area contributed by atoms with Gasteiger partial charge in [-0.3, -0.25) is 10.1 Å². The summed E-state index contributed by atoms with van der Waals surface area (Å²) in [6, 6.07) is 14.1. The van der Waals surface area contributed by atoms with Crippen molar-refractivity contribution in [3.63, 3.8) is 0 Å². The Labute approximate surface area is 216 Å². The van der Waals surface area contributed by atoms with E-state index in [-0.39, 0.29) is 10.8 Å². The molecule has 3 aromatic rings. The lowest BCUT2D eigenvalue weighted by Crippen LogP contribution is -2.35. The van der Waals surface area contributed by atoms with Gasteiger partial charge in [-0.15, -0.1) is 0 Å². The van der Waals surface area contributed by atoms with Gasteiger partial charge in [0.05, 0.1) is 16.9 Å². The zero-order chi connectivity index (χ0) is 25.7. The number of hydrogen-bond acceptors (Lipinski definition) is 4. The van der Waals surface area contributed by atoms with E-state index in [1.165, 1.54) is 18.2 Å². The number of rotatable bonds is 5. The first-order valence-electron chi connectivity index (χ1n) is 11.3. The van der Waals surface area contributed by atoms with Crippen LogP contribution in [0.1, 0.15) is 30.6 Å². The molecular formula is C26H23ClF3N3O2S. The number of nitrogens with zero attached hydrogens (tertiary/aromatic N) is 1. The zero-order valence-corrected chi connectivity index (χ0v) is 20.6. The van der Waals surface area contributed by atoms with Gasteiger partial charge in [-0.2, -0.15) is 13.2 Å². The highest BCUT2D eigenvalue weighted by Crippen LogP contribution is 2.36. The topological polar surface area (TPSA) is 57.5 Å². The van der Waals surface area contributed by atoms with Crippen LogP contribution in [0.25, 0.3) is 17.4 Å². The summed E-state index contributed by atoms with van der Waals surface area (Å²) in [6.07, 6.45) is 1.20. The maximum absolute atomic E-state index is 13.3. The molecule has 5 nitrogen and oxygen atoms in total. The monoisotopic (exact) mass is 533 g/mol. The highest BCUT2D eigenvalue weighted by Gasteiger charge is 2.31. The second kappa shape index (κ2) is 11.2. The second-order valence-corrected chi connectivity index (χ2v) is 9.11. The molecule has 1 amide bonds. The molecule has 0 unspecified atom stereocenters. The van der Waals surface area contributed by atoms with Gasteiger partial charge in [0, 0.05) is 29.8 Å². The number of piperidine rings is 1. The van der Waals surface area contributed by atoms with Crippen molar-refractivity contribution < 1.29 is 22.4 Å². The van der Waals surface area contributed by atoms with E-state index < -0.39 is 17.6 Å². The van der Waals surface area contributed by atoms with Gasteiger partial charge < -0.3 is 14.6 Å². The van der Waals surface area contributed by atoms with Crippen LogP contribution in [0.5, 0.6) is 0 Å². The van der Waals surface area contributed by atoms with E-state index in [9.17, 15) is 18.0 Å². The molecule has 0 saturated carbocycles. The van der Waals surface area contributed by atoms with Crippen LogP contribution in [0, 0.1) is 0 Å². The smallest absolute Gasteiger partial charge is 0.416 e. The van der Waals surface area contributed by atoms with Crippen LogP contribution in [0.3, 0.4) is 0 Å². The van der Waals surface area contributed by atoms with Crippen molar-refractivity contribution in [3.8, 4) is 11.3 Å². The first kappa shape index (κ1) is 25.8. The van der Waals surface area contributed by atoms with Gasteiger partial charge in [0.25, 0.3) is 0 Å². The van der Waals surface area contributed by atoms with E-state index in [0.29, 0.717) is 22.2 Å². The second-order valence-electron chi connectivity index (χ2n) is 8.26. The van der Waals surface area contributed by atoms with Crippen LogP contribution in [0.4, 0.5) is 24.5 Å². The quantitative estimate of drug-likeness (QED) is 0.270. The third-order valence-electron chi connectivity index (χ3n) is 5.66. The molecule has 4 rings (SSSR count). The minimum Gasteiger partial charge on any atom is -0.457 e. The number of benzene rings is 2. The molecule has 0 spiro atoms. The van der Waals surface area contributed by atoms with Crippen molar-refractivity contribution in [2.24, 2.45) is 0 Å². The third-order valence-corrected chi connectivity index (χ3v) is 6.12. The van der Waals surface area contributed by atoms with E-state index in [4.69, 9.17) is 28.2 Å². The number of anilines is 2. The molecular weight excluding hydrogens is 511 g/mol. The Kier molecular flexibility index (Phi) is 8.01. The van der Waals surface area contributed by atoms with E-state index in [0.717, 1.165) is 50.0 Å². The standard InChI is InChI=1S/C26H23ClF3N3O2S/c27-19-7-4-17(5-8-19)23-12-9-20(35-23)10-13-24(34)32-25(36)31-21-16-18(26(28,29)30)6-11-22(21)33-14-2-1-3-15-33/h4-13,16H,1-3,14-15H2,(H2,31,32,34,36). The fourth-order valence-corrected chi connectivity index (χ4v) is 4.24. The molecule has 36 heavy (non-hydrogen) atoms. The molecule has 0 aliphatic carbocycles. The summed E-state index contributed by atoms with van der Waals surface area (Å²) in [5.74, 6) is 0.501. The molecule has 1 aliphatic heterocycles. The average Bonchev–Trinajstić information content (AvgIpc) is 3.32. The predicted molar refractivity (Wildman–Crippen MR) is 140 cm³/mol. The summed E-state index contributed by atoms with van der Waals surface area (Å²) in [6.45, 7) is 1.48. The number of amides is 1. The Morgan fingerprint density at radius 3 is 2.44 bits per heavy atom. The molecule has 0 bridgehead atoms. The Morgan fingerprint density at radius 2 is 1.75 bits per heavy atom. The molecule has 2 aromatic carbocycles. The summed E-state index contributed by atoms with van der Waals surface area (Å²) in [5, 5.41) is 5.74. The van der Waals surface area contributed by atoms with Gasteiger partial charge in [-0.05, 0) is 92.2 Å². The number of halogens is 4. The average molecular weight is 534 g/mol. The number of furan rings is 1. The highest BCUT2D eigenvalue weighted by atomic mass is 35.5. The summed E-state index contributed by atoms with van der Waals surface area (Å²) in [7, 11) is 0. The highest BCUT2D eigenvalue weighted by molar-refractivity contribution is 7.80. The van der Waals surface area contributed by atoms with Gasteiger partial charge in [-0.25, -0.2) is 0 Å². The molecule has 2 heterocycles. The van der Waals surface area contributed by atoms with Crippen LogP contribution < -0.4 is 15.5 Å². The van der Waals surface area contributed by atoms with Crippen molar-refractivity contribution in [2.45, 2.75) is 25.4 Å². The van der Waals surface area contributed by atoms with Crippen LogP contribution in [0.15, 0.2) is 65.1 Å². The van der Waals surface area contributed by atoms with Gasteiger partial charge in [0.2, 0.25) is 5.91 Å². The summed E-state index contributed by atoms with van der Waals surface area (Å²) >= 11 is 11.1. The van der Waals surface area contributed by atoms with Crippen LogP contribution in [-0.4, -0.2) is 24.1 Å². The molecule has 188 valence electrons. The van der Waals surface area contributed by atoms with Crippen molar-refractivity contribution in [1.82, 2.24) is 5.32 Å². The first-order chi connectivity index (χ1) is 17.2. The van der Waals surface area contributed by atoms with Crippen molar-refractivity contribution >= 4 is 52.3 Å². The Bertz CT molecular complexity index is 1270. The molecule has 1 aliphatic rings. The molecule has 10 heteroatoms. The minimum absolute atomic E-state index is 0.108. The number of hydrogen-bond donors (Lipinski definition) is 2. The van der Waals surface area contributed by atoms with Gasteiger partial charge in [0.15, 0.2) is 5.11 Å². The van der Waals surface area contributed by atoms with Crippen LogP contribution in [0.2, 0.25) is 5.02 Å². The van der Waals surface area contributed by atoms with Gasteiger partial charge >= 0.3 is 6.18 Å². The molecule has 1 saturated heterocycles. The largest absolute Gasteiger partial charge is 0.457 e. The van der Waals surface area contributed by atoms with E-state index in [1.807, 2.05) is 17.0 Å². The molecule has 2 N–H and O–H groups in total. The maximum Gasteiger partial charge on any atom is 0.416 e. The van der Waals surface area contributed by atoms with Crippen LogP contribution >= 0.6 is 23.8 Å². The summed E-state index contributed by atoms with van der Waals surface area (Å²) < 4.78 is 45.7. The minimum atomic E-state index is -4.50. The lowest BCUT2D eigenvalue weighted by atomic mass is 10.1. The fourth-order valence-electron chi connectivity index (χ4n) is 3.90. The fraction of sp³-hybridized carbons (Fsp3) is 0.231. The number of nitrogens with one attached hydrogen (secondary N) is 2. The number of thiocarbonyl (C=S) groups is 1. The van der Waals surface area contributed by atoms with Crippen molar-refractivity contribution in [1.29, 1.82) is 0 Å². The Morgan fingerprint density at radius 1 is 1.03 bits per heavy atom. The Balaban J connectivity index is 1.42. The number of carbonyl (C=O) groups excluding carboxylic acids is 1. The van der Waals surface area contributed by atoms with Gasteiger partial charge in [0.1, 0.15) is 11.5 Å². The number of alkyl halides is 3. The van der Waals surface area contributed by atoms with E-state index >= 15 is 0 Å². The molecule has 1 fully saturated rings. The predicted octanol–water partition coefficient (Wildman–Crippen LogP) is 7.14. The SMILES string of the molecule is O=C(C=Cc1ccc(-c2ccc(Cl)cc2)o1)NC(=S)Nc1cc(C(F)(F)F)ccc1N1CCCCC1. The van der Waals surface area contributed by atoms with Crippen molar-refractivity contribution in [3.05, 3.63) is 77.0 Å². The van der Waals surface area contributed by atoms with Crippen molar-refractivity contribution in [2.75, 3.05) is 23.3 Å². The maximum atomic E-state index is 13.3. The normalized spacial score (nSPS) is 14.2. The first-order valence-corrected chi connectivity index (χ1v) is 12.1.